The van der Waals surface area contributed by atoms with Crippen LogP contribution in [0, 0.1) is 0 Å². The lowest BCUT2D eigenvalue weighted by Crippen LogP contribution is -1.83. The second kappa shape index (κ2) is 3.34. The van der Waals surface area contributed by atoms with E-state index in [9.17, 15) is 0 Å². The maximum Gasteiger partial charge on any atom is 0.174 e. The smallest absolute Gasteiger partial charge is 0.142 e. The number of hydrogen-bond donors (Lipinski definition) is 0. The summed E-state index contributed by atoms with van der Waals surface area (Å²) < 4.78 is 1.06. The molecular formula is C6H10N2S2. The van der Waals surface area contributed by atoms with Crippen LogP contribution in [0.15, 0.2) is 4.34 Å². The van der Waals surface area contributed by atoms with E-state index in [4.69, 9.17) is 0 Å². The van der Waals surface area contributed by atoms with E-state index in [0.717, 1.165) is 9.35 Å². The molecule has 4 heteroatoms. The van der Waals surface area contributed by atoms with Gasteiger partial charge < -0.3 is 0 Å². The van der Waals surface area contributed by atoms with Crippen molar-refractivity contribution < 1.29 is 0 Å². The number of aromatic nitrogens is 2. The van der Waals surface area contributed by atoms with Gasteiger partial charge in [-0.25, -0.2) is 0 Å². The number of rotatable bonds is 2. The van der Waals surface area contributed by atoms with E-state index < -0.39 is 0 Å². The maximum atomic E-state index is 4.03. The Balaban J connectivity index is 2.78. The van der Waals surface area contributed by atoms with Crippen molar-refractivity contribution in [2.75, 3.05) is 6.26 Å². The monoisotopic (exact) mass is 174 g/mol. The highest BCUT2D eigenvalue weighted by atomic mass is 32.2. The molecule has 0 amide bonds. The molecule has 0 aliphatic heterocycles. The number of nitrogens with zero attached hydrogens (tertiary/aromatic N) is 2. The molecule has 0 saturated carbocycles. The van der Waals surface area contributed by atoms with Crippen LogP contribution in [0.5, 0.6) is 0 Å². The fraction of sp³-hybridized carbons (Fsp3) is 0.667. The molecule has 2 nitrogen and oxygen atoms in total. The van der Waals surface area contributed by atoms with Crippen LogP contribution < -0.4 is 0 Å². The Morgan fingerprint density at radius 3 is 2.40 bits per heavy atom. The lowest BCUT2D eigenvalue weighted by molar-refractivity contribution is 0.817. The average molecular weight is 174 g/mol. The third-order valence-corrected chi connectivity index (χ3v) is 3.29. The first-order valence-electron chi connectivity index (χ1n) is 3.11. The molecule has 0 bridgehead atoms. The first-order valence-corrected chi connectivity index (χ1v) is 5.15. The van der Waals surface area contributed by atoms with Gasteiger partial charge in [-0.15, -0.1) is 10.2 Å². The third-order valence-electron chi connectivity index (χ3n) is 1.09. The molecule has 0 fully saturated rings. The van der Waals surface area contributed by atoms with E-state index in [-0.39, 0.29) is 0 Å². The molecule has 0 aromatic carbocycles. The quantitative estimate of drug-likeness (QED) is 0.644. The van der Waals surface area contributed by atoms with Gasteiger partial charge in [0.1, 0.15) is 5.01 Å². The lowest BCUT2D eigenvalue weighted by atomic mass is 10.2. The van der Waals surface area contributed by atoms with Gasteiger partial charge >= 0.3 is 0 Å². The molecule has 0 aliphatic rings. The van der Waals surface area contributed by atoms with Crippen LogP contribution in [0.4, 0.5) is 0 Å². The first-order chi connectivity index (χ1) is 4.74. The molecule has 1 aromatic heterocycles. The fourth-order valence-electron chi connectivity index (χ4n) is 0.536. The summed E-state index contributed by atoms with van der Waals surface area (Å²) >= 11 is 3.33. The zero-order valence-corrected chi connectivity index (χ0v) is 7.92. The molecule has 0 aliphatic carbocycles. The van der Waals surface area contributed by atoms with Crippen molar-refractivity contribution in [2.45, 2.75) is 24.1 Å². The Kier molecular flexibility index (Phi) is 2.68. The van der Waals surface area contributed by atoms with Crippen molar-refractivity contribution >= 4 is 23.1 Å². The van der Waals surface area contributed by atoms with Gasteiger partial charge in [0, 0.05) is 5.92 Å². The summed E-state index contributed by atoms with van der Waals surface area (Å²) in [6, 6.07) is 0. The molecule has 1 aromatic rings. The zero-order chi connectivity index (χ0) is 7.56. The highest BCUT2D eigenvalue weighted by Gasteiger charge is 2.05. The Hall–Kier alpha value is -0.0900. The molecule has 1 rings (SSSR count). The van der Waals surface area contributed by atoms with Crippen molar-refractivity contribution in [3.8, 4) is 0 Å². The molecule has 0 spiro atoms. The summed E-state index contributed by atoms with van der Waals surface area (Å²) in [6.45, 7) is 4.26. The maximum absolute atomic E-state index is 4.03. The van der Waals surface area contributed by atoms with E-state index in [1.807, 2.05) is 6.26 Å². The van der Waals surface area contributed by atoms with Gasteiger partial charge in [0.25, 0.3) is 0 Å². The van der Waals surface area contributed by atoms with Crippen LogP contribution in [-0.2, 0) is 0 Å². The minimum absolute atomic E-state index is 0.512. The molecule has 0 saturated heterocycles. The summed E-state index contributed by atoms with van der Waals surface area (Å²) in [7, 11) is 0. The van der Waals surface area contributed by atoms with Crippen LogP contribution in [0.1, 0.15) is 24.8 Å². The molecule has 0 atom stereocenters. The van der Waals surface area contributed by atoms with Gasteiger partial charge in [-0.3, -0.25) is 0 Å². The van der Waals surface area contributed by atoms with Gasteiger partial charge in [-0.1, -0.05) is 36.9 Å². The molecule has 10 heavy (non-hydrogen) atoms. The summed E-state index contributed by atoms with van der Waals surface area (Å²) in [5.41, 5.74) is 0. The fourth-order valence-corrected chi connectivity index (χ4v) is 1.83. The highest BCUT2D eigenvalue weighted by Crippen LogP contribution is 2.24. The molecule has 0 radical (unpaired) electrons. The summed E-state index contributed by atoms with van der Waals surface area (Å²) in [4.78, 5) is 0. The predicted molar refractivity (Wildman–Crippen MR) is 45.8 cm³/mol. The van der Waals surface area contributed by atoms with Crippen LogP contribution in [0.25, 0.3) is 0 Å². The van der Waals surface area contributed by atoms with E-state index in [0.29, 0.717) is 5.92 Å². The number of thioether (sulfide) groups is 1. The van der Waals surface area contributed by atoms with Crippen molar-refractivity contribution in [2.24, 2.45) is 0 Å². The molecule has 56 valence electrons. The van der Waals surface area contributed by atoms with E-state index in [1.54, 1.807) is 23.1 Å². The Labute approximate surface area is 69.1 Å². The zero-order valence-electron chi connectivity index (χ0n) is 6.29. The minimum Gasteiger partial charge on any atom is -0.142 e. The largest absolute Gasteiger partial charge is 0.174 e. The van der Waals surface area contributed by atoms with Crippen molar-refractivity contribution in [3.05, 3.63) is 5.01 Å². The molecule has 1 heterocycles. The molecule has 0 N–H and O–H groups in total. The third kappa shape index (κ3) is 1.70. The summed E-state index contributed by atoms with van der Waals surface area (Å²) in [5, 5.41) is 9.15. The van der Waals surface area contributed by atoms with Crippen LogP contribution in [-0.4, -0.2) is 16.5 Å². The first kappa shape index (κ1) is 8.01. The Morgan fingerprint density at radius 1 is 1.40 bits per heavy atom. The van der Waals surface area contributed by atoms with Crippen molar-refractivity contribution in [1.82, 2.24) is 10.2 Å². The van der Waals surface area contributed by atoms with E-state index in [2.05, 4.69) is 24.0 Å². The van der Waals surface area contributed by atoms with E-state index in [1.165, 1.54) is 0 Å². The van der Waals surface area contributed by atoms with Crippen LogP contribution in [0.2, 0.25) is 0 Å². The van der Waals surface area contributed by atoms with E-state index >= 15 is 0 Å². The Morgan fingerprint density at radius 2 is 2.10 bits per heavy atom. The topological polar surface area (TPSA) is 25.8 Å². The van der Waals surface area contributed by atoms with Crippen LogP contribution >= 0.6 is 23.1 Å². The summed E-state index contributed by atoms with van der Waals surface area (Å²) in [6.07, 6.45) is 2.02. The normalized spacial score (nSPS) is 10.8. The second-order valence-corrected chi connectivity index (χ2v) is 4.33. The second-order valence-electron chi connectivity index (χ2n) is 2.27. The van der Waals surface area contributed by atoms with Crippen molar-refractivity contribution in [3.63, 3.8) is 0 Å². The summed E-state index contributed by atoms with van der Waals surface area (Å²) in [5.74, 6) is 0.512. The lowest BCUT2D eigenvalue weighted by Gasteiger charge is -1.92. The molecule has 0 unspecified atom stereocenters. The van der Waals surface area contributed by atoms with Gasteiger partial charge in [0.05, 0.1) is 0 Å². The minimum atomic E-state index is 0.512. The van der Waals surface area contributed by atoms with Gasteiger partial charge in [-0.05, 0) is 6.26 Å². The molecular weight excluding hydrogens is 164 g/mol. The standard InChI is InChI=1S/C6H10N2S2/c1-4(2)5-7-8-6(9-3)10-5/h4H,1-3H3. The van der Waals surface area contributed by atoms with Crippen LogP contribution in [0.3, 0.4) is 0 Å². The number of hydrogen-bond acceptors (Lipinski definition) is 4. The van der Waals surface area contributed by atoms with Gasteiger partial charge in [0.15, 0.2) is 4.34 Å². The van der Waals surface area contributed by atoms with Gasteiger partial charge in [0.2, 0.25) is 0 Å². The predicted octanol–water partition coefficient (Wildman–Crippen LogP) is 2.38. The Bertz CT molecular complexity index is 207. The SMILES string of the molecule is CSc1nnc(C(C)C)s1. The average Bonchev–Trinajstić information content (AvgIpc) is 2.34. The van der Waals surface area contributed by atoms with Gasteiger partial charge in [-0.2, -0.15) is 0 Å². The van der Waals surface area contributed by atoms with Crippen molar-refractivity contribution in [1.29, 1.82) is 0 Å². The highest BCUT2D eigenvalue weighted by molar-refractivity contribution is 8.00.